The van der Waals surface area contributed by atoms with E-state index in [2.05, 4.69) is 4.98 Å². The van der Waals surface area contributed by atoms with Crippen molar-refractivity contribution in [2.45, 2.75) is 0 Å². The first-order chi connectivity index (χ1) is 8.75. The molecule has 3 aromatic rings. The molecular weight excluding hydrogens is 233 g/mol. The molecule has 0 saturated heterocycles. The summed E-state index contributed by atoms with van der Waals surface area (Å²) in [5.41, 5.74) is 0.0886. The smallest absolute Gasteiger partial charge is 0.347 e. The van der Waals surface area contributed by atoms with Crippen LogP contribution in [0.5, 0.6) is 0 Å². The summed E-state index contributed by atoms with van der Waals surface area (Å²) in [6, 6.07) is 13.1. The molecule has 3 nitrogen and oxygen atoms in total. The second-order valence-corrected chi connectivity index (χ2v) is 3.81. The van der Waals surface area contributed by atoms with E-state index in [1.807, 2.05) is 6.07 Å². The molecule has 0 aliphatic rings. The zero-order valence-electron chi connectivity index (χ0n) is 9.26. The minimum atomic E-state index is -0.585. The molecule has 0 bridgehead atoms. The van der Waals surface area contributed by atoms with E-state index in [9.17, 15) is 9.18 Å². The predicted octanol–water partition coefficient (Wildman–Crippen LogP) is 2.99. The van der Waals surface area contributed by atoms with Crippen molar-refractivity contribution < 1.29 is 8.81 Å². The fourth-order valence-electron chi connectivity index (χ4n) is 1.77. The molecule has 4 heteroatoms. The highest BCUT2D eigenvalue weighted by molar-refractivity contribution is 5.79. The van der Waals surface area contributed by atoms with Gasteiger partial charge in [0.25, 0.3) is 0 Å². The van der Waals surface area contributed by atoms with Crippen LogP contribution < -0.4 is 5.63 Å². The molecule has 0 fully saturated rings. The number of para-hydroxylation sites is 1. The van der Waals surface area contributed by atoms with Crippen molar-refractivity contribution in [1.82, 2.24) is 4.98 Å². The van der Waals surface area contributed by atoms with Crippen LogP contribution in [-0.4, -0.2) is 4.98 Å². The van der Waals surface area contributed by atoms with Gasteiger partial charge in [0, 0.05) is 5.56 Å². The van der Waals surface area contributed by atoms with E-state index in [1.54, 1.807) is 24.3 Å². The Balaban J connectivity index is 2.34. The van der Waals surface area contributed by atoms with Crippen molar-refractivity contribution in [2.24, 2.45) is 0 Å². The van der Waals surface area contributed by atoms with E-state index in [4.69, 9.17) is 4.42 Å². The van der Waals surface area contributed by atoms with Gasteiger partial charge in [-0.2, -0.15) is 0 Å². The normalized spacial score (nSPS) is 10.7. The fourth-order valence-corrected chi connectivity index (χ4v) is 1.77. The highest BCUT2D eigenvalue weighted by Crippen LogP contribution is 2.19. The van der Waals surface area contributed by atoms with E-state index < -0.39 is 11.4 Å². The molecule has 0 saturated carbocycles. The van der Waals surface area contributed by atoms with Gasteiger partial charge in [0.15, 0.2) is 0 Å². The number of nitrogens with zero attached hydrogens (tertiary/aromatic N) is 1. The van der Waals surface area contributed by atoms with Crippen LogP contribution in [-0.2, 0) is 0 Å². The Hall–Kier alpha value is -2.49. The largest absolute Gasteiger partial charge is 0.403 e. The quantitative estimate of drug-likeness (QED) is 0.657. The van der Waals surface area contributed by atoms with Gasteiger partial charge in [-0.05, 0) is 24.3 Å². The third-order valence-electron chi connectivity index (χ3n) is 2.63. The van der Waals surface area contributed by atoms with E-state index in [0.29, 0.717) is 5.56 Å². The number of fused-ring (bicyclic) bond motifs is 1. The lowest BCUT2D eigenvalue weighted by atomic mass is 10.2. The Morgan fingerprint density at radius 2 is 1.78 bits per heavy atom. The molecule has 0 atom stereocenters. The summed E-state index contributed by atoms with van der Waals surface area (Å²) in [6.07, 6.45) is 0. The maximum atomic E-state index is 13.6. The molecule has 88 valence electrons. The molecule has 18 heavy (non-hydrogen) atoms. The van der Waals surface area contributed by atoms with Crippen molar-refractivity contribution in [3.8, 4) is 11.5 Å². The zero-order chi connectivity index (χ0) is 12.5. The Kier molecular flexibility index (Phi) is 2.41. The van der Waals surface area contributed by atoms with Crippen molar-refractivity contribution in [1.29, 1.82) is 0 Å². The second-order valence-electron chi connectivity index (χ2n) is 3.81. The zero-order valence-corrected chi connectivity index (χ0v) is 9.26. The molecule has 1 aromatic heterocycles. The van der Waals surface area contributed by atoms with Gasteiger partial charge >= 0.3 is 5.63 Å². The molecule has 0 spiro atoms. The summed E-state index contributed by atoms with van der Waals surface area (Å²) in [7, 11) is 0. The molecule has 2 aromatic carbocycles. The van der Waals surface area contributed by atoms with Crippen LogP contribution in [0.2, 0.25) is 0 Å². The maximum Gasteiger partial charge on any atom is 0.347 e. The summed E-state index contributed by atoms with van der Waals surface area (Å²) < 4.78 is 18.7. The van der Waals surface area contributed by atoms with Crippen LogP contribution in [0.15, 0.2) is 57.7 Å². The molecular formula is C14H8FNO2. The Bertz CT molecular complexity index is 766. The fraction of sp³-hybridized carbons (Fsp3) is 0. The number of halogens is 1. The average Bonchev–Trinajstić information content (AvgIpc) is 2.41. The minimum Gasteiger partial charge on any atom is -0.403 e. The van der Waals surface area contributed by atoms with Crippen LogP contribution in [0.1, 0.15) is 0 Å². The summed E-state index contributed by atoms with van der Waals surface area (Å²) in [6.45, 7) is 0. The first-order valence-corrected chi connectivity index (χ1v) is 5.40. The predicted molar refractivity (Wildman–Crippen MR) is 65.7 cm³/mol. The van der Waals surface area contributed by atoms with Crippen LogP contribution in [0.3, 0.4) is 0 Å². The van der Waals surface area contributed by atoms with Crippen molar-refractivity contribution in [3.63, 3.8) is 0 Å². The first-order valence-electron chi connectivity index (χ1n) is 5.40. The monoisotopic (exact) mass is 241 g/mol. The van der Waals surface area contributed by atoms with Gasteiger partial charge in [0.1, 0.15) is 11.3 Å². The Morgan fingerprint density at radius 3 is 2.56 bits per heavy atom. The molecule has 0 radical (unpaired) electrons. The van der Waals surface area contributed by atoms with Crippen LogP contribution >= 0.6 is 0 Å². The molecule has 0 aliphatic carbocycles. The number of hydrogen-bond acceptors (Lipinski definition) is 3. The van der Waals surface area contributed by atoms with Gasteiger partial charge in [-0.15, -0.1) is 0 Å². The minimum absolute atomic E-state index is 0.0348. The third kappa shape index (κ3) is 1.68. The molecule has 0 amide bonds. The van der Waals surface area contributed by atoms with Crippen LogP contribution in [0, 0.1) is 5.82 Å². The van der Waals surface area contributed by atoms with E-state index in [-0.39, 0.29) is 16.8 Å². The third-order valence-corrected chi connectivity index (χ3v) is 2.63. The lowest BCUT2D eigenvalue weighted by Crippen LogP contribution is -2.04. The van der Waals surface area contributed by atoms with E-state index >= 15 is 0 Å². The lowest BCUT2D eigenvalue weighted by molar-refractivity contribution is 0.515. The van der Waals surface area contributed by atoms with Crippen molar-refractivity contribution in [3.05, 3.63) is 64.8 Å². The van der Waals surface area contributed by atoms with Gasteiger partial charge in [-0.25, -0.2) is 14.2 Å². The van der Waals surface area contributed by atoms with Gasteiger partial charge in [-0.3, -0.25) is 0 Å². The van der Waals surface area contributed by atoms with E-state index in [0.717, 1.165) is 0 Å². The summed E-state index contributed by atoms with van der Waals surface area (Å²) in [5, 5.41) is 0.148. The highest BCUT2D eigenvalue weighted by Gasteiger charge is 2.10. The number of rotatable bonds is 1. The first kappa shape index (κ1) is 10.7. The summed E-state index contributed by atoms with van der Waals surface area (Å²) >= 11 is 0. The van der Waals surface area contributed by atoms with Crippen LogP contribution in [0.25, 0.3) is 22.4 Å². The van der Waals surface area contributed by atoms with E-state index in [1.165, 1.54) is 18.2 Å². The van der Waals surface area contributed by atoms with Crippen molar-refractivity contribution >= 4 is 10.9 Å². The molecule has 0 unspecified atom stereocenters. The number of aromatic nitrogens is 1. The van der Waals surface area contributed by atoms with Gasteiger partial charge in [0.2, 0.25) is 5.89 Å². The van der Waals surface area contributed by atoms with Gasteiger partial charge in [-0.1, -0.05) is 24.3 Å². The standard InChI is InChI=1S/C14H8FNO2/c15-11-8-4-7-10-12(11)16-13(18-14(10)17)9-5-2-1-3-6-9/h1-8H. The summed E-state index contributed by atoms with van der Waals surface area (Å²) in [5.74, 6) is -0.407. The molecule has 3 rings (SSSR count). The highest BCUT2D eigenvalue weighted by atomic mass is 19.1. The van der Waals surface area contributed by atoms with Crippen LogP contribution in [0.4, 0.5) is 4.39 Å². The lowest BCUT2D eigenvalue weighted by Gasteiger charge is -2.01. The summed E-state index contributed by atoms with van der Waals surface area (Å²) in [4.78, 5) is 15.8. The Morgan fingerprint density at radius 1 is 1.00 bits per heavy atom. The number of benzene rings is 2. The average molecular weight is 241 g/mol. The molecule has 1 heterocycles. The number of hydrogen-bond donors (Lipinski definition) is 0. The molecule has 0 N–H and O–H groups in total. The topological polar surface area (TPSA) is 43.1 Å². The van der Waals surface area contributed by atoms with Gasteiger partial charge < -0.3 is 4.42 Å². The molecule has 0 aliphatic heterocycles. The Labute approximate surface area is 102 Å². The maximum absolute atomic E-state index is 13.6. The van der Waals surface area contributed by atoms with Crippen molar-refractivity contribution in [2.75, 3.05) is 0 Å². The van der Waals surface area contributed by atoms with Gasteiger partial charge in [0.05, 0.1) is 5.39 Å². The SMILES string of the molecule is O=c1oc(-c2ccccc2)nc2c(F)cccc12. The second kappa shape index (κ2) is 4.07.